The van der Waals surface area contributed by atoms with E-state index in [9.17, 15) is 14.4 Å². The first kappa shape index (κ1) is 20.8. The number of rotatable bonds is 6. The molecule has 0 radical (unpaired) electrons. The van der Waals surface area contributed by atoms with E-state index in [0.717, 1.165) is 29.7 Å². The van der Waals surface area contributed by atoms with Gasteiger partial charge in [-0.25, -0.2) is 9.78 Å². The molecule has 1 aliphatic carbocycles. The van der Waals surface area contributed by atoms with E-state index in [1.165, 1.54) is 6.20 Å². The number of anilines is 1. The monoisotopic (exact) mass is 423 g/mol. The fourth-order valence-corrected chi connectivity index (χ4v) is 4.20. The predicted molar refractivity (Wildman–Crippen MR) is 112 cm³/mol. The van der Waals surface area contributed by atoms with Gasteiger partial charge in [0.15, 0.2) is 11.6 Å². The zero-order valence-corrected chi connectivity index (χ0v) is 17.3. The van der Waals surface area contributed by atoms with Crippen molar-refractivity contribution >= 4 is 23.7 Å². The molecular weight excluding hydrogens is 398 g/mol. The Morgan fingerprint density at radius 2 is 2.06 bits per heavy atom. The number of hydrogen-bond acceptors (Lipinski definition) is 6. The highest BCUT2D eigenvalue weighted by atomic mass is 16.5. The van der Waals surface area contributed by atoms with Gasteiger partial charge in [-0.3, -0.25) is 19.5 Å². The zero-order valence-electron chi connectivity index (χ0n) is 17.3. The molecule has 4 rings (SSSR count). The molecule has 1 saturated heterocycles. The van der Waals surface area contributed by atoms with Gasteiger partial charge in [-0.15, -0.1) is 0 Å². The van der Waals surface area contributed by atoms with Crippen LogP contribution in [0.1, 0.15) is 38.2 Å². The molecule has 0 aromatic carbocycles. The number of carbonyl (C=O) groups is 3. The Morgan fingerprint density at radius 1 is 1.26 bits per heavy atom. The van der Waals surface area contributed by atoms with Gasteiger partial charge in [0.25, 0.3) is 5.91 Å². The molecular formula is C22H25N5O4. The molecule has 2 fully saturated rings. The molecule has 1 saturated carbocycles. The SMILES string of the molecule is CC1CCCCC12NC(=O)N(CC(=O)Nc1ncccc1OCc1ccncc1)C2=O. The number of carbonyl (C=O) groups excluding carboxylic acids is 3. The molecule has 2 atom stereocenters. The minimum absolute atomic E-state index is 0.0368. The lowest BCUT2D eigenvalue weighted by molar-refractivity contribution is -0.136. The summed E-state index contributed by atoms with van der Waals surface area (Å²) in [6.45, 7) is 1.88. The molecule has 2 unspecified atom stereocenters. The Morgan fingerprint density at radius 3 is 2.84 bits per heavy atom. The maximum atomic E-state index is 13.0. The molecule has 1 spiro atoms. The van der Waals surface area contributed by atoms with Gasteiger partial charge in [0.2, 0.25) is 5.91 Å². The molecule has 0 bridgehead atoms. The third-order valence-corrected chi connectivity index (χ3v) is 5.98. The summed E-state index contributed by atoms with van der Waals surface area (Å²) in [6, 6.07) is 6.52. The lowest BCUT2D eigenvalue weighted by Gasteiger charge is -2.36. The van der Waals surface area contributed by atoms with Gasteiger partial charge in [-0.05, 0) is 48.6 Å². The smallest absolute Gasteiger partial charge is 0.325 e. The van der Waals surface area contributed by atoms with Crippen LogP contribution in [0.15, 0.2) is 42.9 Å². The van der Waals surface area contributed by atoms with Gasteiger partial charge in [0.05, 0.1) is 0 Å². The standard InChI is InChI=1S/C22H25N5O4/c1-15-5-2-3-9-22(15)20(29)27(21(30)26-22)13-18(28)25-19-17(6-4-10-24-19)31-14-16-7-11-23-12-8-16/h4,6-8,10-12,15H,2-3,5,9,13-14H2,1H3,(H,26,30)(H,24,25,28). The first-order valence-electron chi connectivity index (χ1n) is 10.4. The molecule has 2 aliphatic rings. The van der Waals surface area contributed by atoms with Crippen LogP contribution in [0, 0.1) is 5.92 Å². The van der Waals surface area contributed by atoms with Crippen LogP contribution in [-0.4, -0.2) is 44.8 Å². The molecule has 9 heteroatoms. The molecule has 2 aromatic rings. The number of hydrogen-bond donors (Lipinski definition) is 2. The molecule has 2 aromatic heterocycles. The summed E-state index contributed by atoms with van der Waals surface area (Å²) in [4.78, 5) is 47.3. The van der Waals surface area contributed by atoms with Crippen LogP contribution in [0.4, 0.5) is 10.6 Å². The summed E-state index contributed by atoms with van der Waals surface area (Å²) in [7, 11) is 0. The van der Waals surface area contributed by atoms with E-state index in [0.29, 0.717) is 12.2 Å². The third kappa shape index (κ3) is 4.21. The van der Waals surface area contributed by atoms with Crippen molar-refractivity contribution in [1.82, 2.24) is 20.2 Å². The minimum Gasteiger partial charge on any atom is -0.485 e. The number of nitrogens with zero attached hydrogens (tertiary/aromatic N) is 3. The Labute approximate surface area is 180 Å². The average Bonchev–Trinajstić information content (AvgIpc) is 3.01. The summed E-state index contributed by atoms with van der Waals surface area (Å²) in [6.07, 6.45) is 8.26. The van der Waals surface area contributed by atoms with Crippen LogP contribution in [0.3, 0.4) is 0 Å². The second-order valence-corrected chi connectivity index (χ2v) is 7.98. The van der Waals surface area contributed by atoms with Gasteiger partial charge in [0.1, 0.15) is 18.7 Å². The van der Waals surface area contributed by atoms with Crippen molar-refractivity contribution in [3.8, 4) is 5.75 Å². The van der Waals surface area contributed by atoms with Gasteiger partial charge < -0.3 is 15.4 Å². The largest absolute Gasteiger partial charge is 0.485 e. The van der Waals surface area contributed by atoms with Crippen molar-refractivity contribution < 1.29 is 19.1 Å². The second-order valence-electron chi connectivity index (χ2n) is 7.98. The second kappa shape index (κ2) is 8.71. The maximum Gasteiger partial charge on any atom is 0.325 e. The topological polar surface area (TPSA) is 114 Å². The van der Waals surface area contributed by atoms with Gasteiger partial charge in [0, 0.05) is 18.6 Å². The van der Waals surface area contributed by atoms with Crippen LogP contribution >= 0.6 is 0 Å². The predicted octanol–water partition coefficient (Wildman–Crippen LogP) is 2.49. The Bertz CT molecular complexity index is 983. The average molecular weight is 423 g/mol. The fourth-order valence-electron chi connectivity index (χ4n) is 4.20. The van der Waals surface area contributed by atoms with Crippen molar-refractivity contribution in [1.29, 1.82) is 0 Å². The third-order valence-electron chi connectivity index (χ3n) is 5.98. The van der Waals surface area contributed by atoms with E-state index >= 15 is 0 Å². The number of aromatic nitrogens is 2. The number of ether oxygens (including phenoxy) is 1. The summed E-state index contributed by atoms with van der Waals surface area (Å²) >= 11 is 0. The first-order chi connectivity index (χ1) is 15.0. The molecule has 1 aliphatic heterocycles. The van der Waals surface area contributed by atoms with E-state index in [1.54, 1.807) is 24.5 Å². The molecule has 9 nitrogen and oxygen atoms in total. The summed E-state index contributed by atoms with van der Waals surface area (Å²) in [5.74, 6) is -0.183. The highest BCUT2D eigenvalue weighted by Gasteiger charge is 2.55. The quantitative estimate of drug-likeness (QED) is 0.690. The van der Waals surface area contributed by atoms with Crippen LogP contribution in [0.2, 0.25) is 0 Å². The summed E-state index contributed by atoms with van der Waals surface area (Å²) in [5, 5.41) is 5.51. The van der Waals surface area contributed by atoms with E-state index < -0.39 is 17.5 Å². The van der Waals surface area contributed by atoms with Crippen LogP contribution in [0.25, 0.3) is 0 Å². The van der Waals surface area contributed by atoms with Crippen molar-refractivity contribution in [2.45, 2.75) is 44.8 Å². The normalized spacial score (nSPS) is 23.0. The number of urea groups is 1. The number of nitrogens with one attached hydrogen (secondary N) is 2. The van der Waals surface area contributed by atoms with Gasteiger partial charge in [-0.2, -0.15) is 0 Å². The summed E-state index contributed by atoms with van der Waals surface area (Å²) < 4.78 is 5.78. The van der Waals surface area contributed by atoms with Crippen molar-refractivity contribution in [2.75, 3.05) is 11.9 Å². The molecule has 3 heterocycles. The Hall–Kier alpha value is -3.49. The zero-order chi connectivity index (χ0) is 21.8. The highest BCUT2D eigenvalue weighted by Crippen LogP contribution is 2.38. The van der Waals surface area contributed by atoms with Crippen molar-refractivity contribution in [3.63, 3.8) is 0 Å². The van der Waals surface area contributed by atoms with E-state index in [1.807, 2.05) is 19.1 Å². The van der Waals surface area contributed by atoms with Gasteiger partial charge in [-0.1, -0.05) is 19.8 Å². The van der Waals surface area contributed by atoms with Crippen molar-refractivity contribution in [3.05, 3.63) is 48.4 Å². The van der Waals surface area contributed by atoms with E-state index in [4.69, 9.17) is 4.74 Å². The summed E-state index contributed by atoms with van der Waals surface area (Å²) in [5.41, 5.74) is 0.0294. The molecule has 31 heavy (non-hydrogen) atoms. The Kier molecular flexibility index (Phi) is 5.83. The van der Waals surface area contributed by atoms with Crippen LogP contribution in [-0.2, 0) is 16.2 Å². The lowest BCUT2D eigenvalue weighted by atomic mass is 9.73. The fraction of sp³-hybridized carbons (Fsp3) is 0.409. The lowest BCUT2D eigenvalue weighted by Crippen LogP contribution is -2.54. The number of amides is 4. The first-order valence-corrected chi connectivity index (χ1v) is 10.4. The van der Waals surface area contributed by atoms with Crippen molar-refractivity contribution in [2.24, 2.45) is 5.92 Å². The van der Waals surface area contributed by atoms with Gasteiger partial charge >= 0.3 is 6.03 Å². The van der Waals surface area contributed by atoms with Crippen LogP contribution < -0.4 is 15.4 Å². The highest BCUT2D eigenvalue weighted by molar-refractivity contribution is 6.10. The number of pyridine rings is 2. The maximum absolute atomic E-state index is 13.0. The molecule has 162 valence electrons. The Balaban J connectivity index is 1.41. The molecule has 4 amide bonds. The molecule has 2 N–H and O–H groups in total. The number of imide groups is 1. The van der Waals surface area contributed by atoms with Crippen LogP contribution in [0.5, 0.6) is 5.75 Å². The minimum atomic E-state index is -0.889. The van der Waals surface area contributed by atoms with E-state index in [-0.39, 0.29) is 30.8 Å². The van der Waals surface area contributed by atoms with E-state index in [2.05, 4.69) is 20.6 Å².